The SMILES string of the molecule is CC1CCN(c2nccc(C(=O)Nc3ccc(Cl)cc3)n2)CC1. The summed E-state index contributed by atoms with van der Waals surface area (Å²) in [4.78, 5) is 23.2. The molecule has 0 saturated carbocycles. The van der Waals surface area contributed by atoms with E-state index in [0.29, 0.717) is 22.4 Å². The van der Waals surface area contributed by atoms with Gasteiger partial charge in [0.1, 0.15) is 5.69 Å². The van der Waals surface area contributed by atoms with Gasteiger partial charge >= 0.3 is 0 Å². The summed E-state index contributed by atoms with van der Waals surface area (Å²) in [7, 11) is 0. The summed E-state index contributed by atoms with van der Waals surface area (Å²) < 4.78 is 0. The van der Waals surface area contributed by atoms with Crippen molar-refractivity contribution < 1.29 is 4.79 Å². The van der Waals surface area contributed by atoms with E-state index in [0.717, 1.165) is 31.8 Å². The molecule has 5 nitrogen and oxygen atoms in total. The van der Waals surface area contributed by atoms with Crippen molar-refractivity contribution in [3.05, 3.63) is 47.2 Å². The predicted octanol–water partition coefficient (Wildman–Crippen LogP) is 3.62. The van der Waals surface area contributed by atoms with Gasteiger partial charge in [0.15, 0.2) is 0 Å². The number of hydrogen-bond donors (Lipinski definition) is 1. The Morgan fingerprint density at radius 3 is 2.61 bits per heavy atom. The first-order valence-electron chi connectivity index (χ1n) is 7.77. The van der Waals surface area contributed by atoms with Crippen LogP contribution in [0.25, 0.3) is 0 Å². The lowest BCUT2D eigenvalue weighted by Gasteiger charge is -2.30. The summed E-state index contributed by atoms with van der Waals surface area (Å²) in [5.41, 5.74) is 1.05. The smallest absolute Gasteiger partial charge is 0.274 e. The number of anilines is 2. The molecule has 0 bridgehead atoms. The van der Waals surface area contributed by atoms with Gasteiger partial charge in [0.2, 0.25) is 5.95 Å². The van der Waals surface area contributed by atoms with E-state index in [4.69, 9.17) is 11.6 Å². The van der Waals surface area contributed by atoms with Gasteiger partial charge in [-0.05, 0) is 49.1 Å². The van der Waals surface area contributed by atoms with Gasteiger partial charge in [0, 0.05) is 30.0 Å². The number of halogens is 1. The largest absolute Gasteiger partial charge is 0.341 e. The van der Waals surface area contributed by atoms with Gasteiger partial charge in [-0.2, -0.15) is 0 Å². The Balaban J connectivity index is 1.71. The van der Waals surface area contributed by atoms with Crippen molar-refractivity contribution >= 4 is 29.1 Å². The summed E-state index contributed by atoms with van der Waals surface area (Å²) in [6, 6.07) is 8.61. The summed E-state index contributed by atoms with van der Waals surface area (Å²) in [5.74, 6) is 1.12. The van der Waals surface area contributed by atoms with Crippen LogP contribution in [0.2, 0.25) is 5.02 Å². The van der Waals surface area contributed by atoms with E-state index < -0.39 is 0 Å². The first-order chi connectivity index (χ1) is 11.1. The Hall–Kier alpha value is -2.14. The molecule has 1 aliphatic heterocycles. The molecule has 1 amide bonds. The van der Waals surface area contributed by atoms with Crippen molar-refractivity contribution in [3.8, 4) is 0 Å². The Kier molecular flexibility index (Phi) is 4.76. The van der Waals surface area contributed by atoms with Gasteiger partial charge < -0.3 is 10.2 Å². The fourth-order valence-corrected chi connectivity index (χ4v) is 2.69. The lowest BCUT2D eigenvalue weighted by molar-refractivity contribution is 0.102. The molecule has 1 N–H and O–H groups in total. The second-order valence-electron chi connectivity index (χ2n) is 5.87. The lowest BCUT2D eigenvalue weighted by atomic mass is 10.00. The Labute approximate surface area is 140 Å². The fourth-order valence-electron chi connectivity index (χ4n) is 2.56. The van der Waals surface area contributed by atoms with Gasteiger partial charge in [-0.15, -0.1) is 0 Å². The van der Waals surface area contributed by atoms with E-state index in [1.165, 1.54) is 0 Å². The zero-order chi connectivity index (χ0) is 16.2. The average Bonchev–Trinajstić information content (AvgIpc) is 2.58. The Bertz CT molecular complexity index is 681. The predicted molar refractivity (Wildman–Crippen MR) is 92.0 cm³/mol. The quantitative estimate of drug-likeness (QED) is 0.933. The van der Waals surface area contributed by atoms with Crippen molar-refractivity contribution in [3.63, 3.8) is 0 Å². The van der Waals surface area contributed by atoms with E-state index in [-0.39, 0.29) is 5.91 Å². The molecule has 0 atom stereocenters. The molecule has 3 rings (SSSR count). The highest BCUT2D eigenvalue weighted by Crippen LogP contribution is 2.20. The number of nitrogens with zero attached hydrogens (tertiary/aromatic N) is 3. The number of carbonyl (C=O) groups excluding carboxylic acids is 1. The molecule has 1 saturated heterocycles. The topological polar surface area (TPSA) is 58.1 Å². The third-order valence-corrected chi connectivity index (χ3v) is 4.30. The third kappa shape index (κ3) is 3.99. The van der Waals surface area contributed by atoms with E-state index in [1.807, 2.05) is 0 Å². The average molecular weight is 331 g/mol. The molecule has 2 aromatic rings. The van der Waals surface area contributed by atoms with Gasteiger partial charge in [0.25, 0.3) is 5.91 Å². The second kappa shape index (κ2) is 6.96. The molecule has 2 heterocycles. The highest BCUT2D eigenvalue weighted by molar-refractivity contribution is 6.30. The van der Waals surface area contributed by atoms with Crippen LogP contribution >= 0.6 is 11.6 Å². The number of hydrogen-bond acceptors (Lipinski definition) is 4. The van der Waals surface area contributed by atoms with Gasteiger partial charge in [-0.25, -0.2) is 9.97 Å². The van der Waals surface area contributed by atoms with E-state index in [2.05, 4.69) is 27.1 Å². The standard InChI is InChI=1S/C17H19ClN4O/c1-12-7-10-22(11-8-12)17-19-9-6-15(21-17)16(23)20-14-4-2-13(18)3-5-14/h2-6,9,12H,7-8,10-11H2,1H3,(H,20,23). The highest BCUT2D eigenvalue weighted by Gasteiger charge is 2.19. The van der Waals surface area contributed by atoms with Crippen LogP contribution in [0.4, 0.5) is 11.6 Å². The summed E-state index contributed by atoms with van der Waals surface area (Å²) in [6.45, 7) is 4.13. The van der Waals surface area contributed by atoms with Crippen LogP contribution in [0.15, 0.2) is 36.5 Å². The minimum absolute atomic E-state index is 0.249. The number of carbonyl (C=O) groups is 1. The number of benzene rings is 1. The van der Waals surface area contributed by atoms with Crippen molar-refractivity contribution in [2.45, 2.75) is 19.8 Å². The van der Waals surface area contributed by atoms with E-state index >= 15 is 0 Å². The van der Waals surface area contributed by atoms with Gasteiger partial charge in [-0.1, -0.05) is 18.5 Å². The van der Waals surface area contributed by atoms with Crippen molar-refractivity contribution in [1.82, 2.24) is 9.97 Å². The summed E-state index contributed by atoms with van der Waals surface area (Å²) in [6.07, 6.45) is 3.90. The fraction of sp³-hybridized carbons (Fsp3) is 0.353. The maximum absolute atomic E-state index is 12.3. The monoisotopic (exact) mass is 330 g/mol. The third-order valence-electron chi connectivity index (χ3n) is 4.04. The molecule has 1 fully saturated rings. The van der Waals surface area contributed by atoms with Gasteiger partial charge in [0.05, 0.1) is 0 Å². The van der Waals surface area contributed by atoms with E-state index in [9.17, 15) is 4.79 Å². The zero-order valence-electron chi connectivity index (χ0n) is 13.0. The lowest BCUT2D eigenvalue weighted by Crippen LogP contribution is -2.34. The van der Waals surface area contributed by atoms with Crippen LogP contribution in [0.3, 0.4) is 0 Å². The molecule has 0 radical (unpaired) electrons. The van der Waals surface area contributed by atoms with Crippen LogP contribution in [-0.2, 0) is 0 Å². The molecule has 23 heavy (non-hydrogen) atoms. The van der Waals surface area contributed by atoms with E-state index in [1.54, 1.807) is 36.5 Å². The van der Waals surface area contributed by atoms with Crippen LogP contribution in [0.1, 0.15) is 30.3 Å². The van der Waals surface area contributed by atoms with Crippen LogP contribution < -0.4 is 10.2 Å². The molecule has 120 valence electrons. The molecule has 0 unspecified atom stereocenters. The molecule has 1 aromatic heterocycles. The number of aromatic nitrogens is 2. The zero-order valence-corrected chi connectivity index (χ0v) is 13.8. The second-order valence-corrected chi connectivity index (χ2v) is 6.31. The maximum Gasteiger partial charge on any atom is 0.274 e. The number of amides is 1. The van der Waals surface area contributed by atoms with Crippen molar-refractivity contribution in [2.24, 2.45) is 5.92 Å². The number of rotatable bonds is 3. The van der Waals surface area contributed by atoms with Gasteiger partial charge in [-0.3, -0.25) is 4.79 Å². The first kappa shape index (κ1) is 15.7. The Morgan fingerprint density at radius 2 is 1.91 bits per heavy atom. The first-order valence-corrected chi connectivity index (χ1v) is 8.14. The molecular formula is C17H19ClN4O. The normalized spacial score (nSPS) is 15.5. The Morgan fingerprint density at radius 1 is 1.22 bits per heavy atom. The molecule has 1 aliphatic rings. The molecular weight excluding hydrogens is 312 g/mol. The van der Waals surface area contributed by atoms with Crippen LogP contribution in [0.5, 0.6) is 0 Å². The van der Waals surface area contributed by atoms with Crippen LogP contribution in [0, 0.1) is 5.92 Å². The minimum Gasteiger partial charge on any atom is -0.341 e. The highest BCUT2D eigenvalue weighted by atomic mass is 35.5. The molecule has 1 aromatic carbocycles. The summed E-state index contributed by atoms with van der Waals surface area (Å²) >= 11 is 5.84. The van der Waals surface area contributed by atoms with Crippen molar-refractivity contribution in [2.75, 3.05) is 23.3 Å². The maximum atomic E-state index is 12.3. The molecule has 0 spiro atoms. The molecule has 0 aliphatic carbocycles. The number of nitrogens with one attached hydrogen (secondary N) is 1. The van der Waals surface area contributed by atoms with Crippen molar-refractivity contribution in [1.29, 1.82) is 0 Å². The summed E-state index contributed by atoms with van der Waals surface area (Å²) in [5, 5.41) is 3.45. The minimum atomic E-state index is -0.249. The van der Waals surface area contributed by atoms with Crippen LogP contribution in [-0.4, -0.2) is 29.0 Å². The molecule has 6 heteroatoms. The number of piperidine rings is 1.